The molecule has 8 heteroatoms. The number of hydrogen-bond donors (Lipinski definition) is 0. The summed E-state index contributed by atoms with van der Waals surface area (Å²) in [5, 5.41) is -0.00810. The fourth-order valence-corrected chi connectivity index (χ4v) is 4.75. The van der Waals surface area contributed by atoms with Gasteiger partial charge in [0.1, 0.15) is 24.3 Å². The molecule has 182 valence electrons. The van der Waals surface area contributed by atoms with Gasteiger partial charge >= 0.3 is 7.12 Å². The fourth-order valence-electron chi connectivity index (χ4n) is 4.50. The second-order valence-electron chi connectivity index (χ2n) is 10.1. The van der Waals surface area contributed by atoms with Crippen LogP contribution in [0.4, 0.5) is 4.39 Å². The Hall–Kier alpha value is -2.61. The van der Waals surface area contributed by atoms with Crippen LogP contribution in [-0.2, 0) is 15.9 Å². The monoisotopic (exact) mass is 495 g/mol. The Morgan fingerprint density at radius 2 is 1.71 bits per heavy atom. The van der Waals surface area contributed by atoms with Gasteiger partial charge < -0.3 is 18.8 Å². The summed E-state index contributed by atoms with van der Waals surface area (Å²) in [4.78, 5) is 4.69. The van der Waals surface area contributed by atoms with Gasteiger partial charge in [0.25, 0.3) is 0 Å². The number of nitrogens with zero attached hydrogens (tertiary/aromatic N) is 1. The van der Waals surface area contributed by atoms with E-state index in [4.69, 9.17) is 30.4 Å². The molecular weight excluding hydrogens is 468 g/mol. The molecule has 0 N–H and O–H groups in total. The SMILES string of the molecule is C[C@H]1c2c(cc(F)c(Cl)c2B2OC(C)(C)C(C)(C)O2)O[C@@H]1c1cccc(OCc2ccccc2)n1. The number of fused-ring (bicyclic) bond motifs is 1. The van der Waals surface area contributed by atoms with Crippen molar-refractivity contribution in [1.82, 2.24) is 4.98 Å². The molecule has 1 aromatic heterocycles. The van der Waals surface area contributed by atoms with Crippen molar-refractivity contribution in [2.45, 2.75) is 64.4 Å². The number of benzene rings is 2. The van der Waals surface area contributed by atoms with Gasteiger partial charge in [-0.15, -0.1) is 0 Å². The minimum atomic E-state index is -0.810. The smallest absolute Gasteiger partial charge is 0.483 e. The molecule has 0 saturated carbocycles. The van der Waals surface area contributed by atoms with Gasteiger partial charge in [0.15, 0.2) is 0 Å². The molecule has 0 spiro atoms. The summed E-state index contributed by atoms with van der Waals surface area (Å²) in [7, 11) is -0.810. The highest BCUT2D eigenvalue weighted by molar-refractivity contribution is 6.66. The van der Waals surface area contributed by atoms with E-state index >= 15 is 0 Å². The third-order valence-corrected chi connectivity index (χ3v) is 7.56. The molecule has 5 rings (SSSR count). The van der Waals surface area contributed by atoms with E-state index < -0.39 is 30.2 Å². The van der Waals surface area contributed by atoms with Crippen LogP contribution in [0.25, 0.3) is 0 Å². The van der Waals surface area contributed by atoms with Crippen molar-refractivity contribution in [2.75, 3.05) is 0 Å². The summed E-state index contributed by atoms with van der Waals surface area (Å²) in [5.41, 5.74) is 1.82. The predicted octanol–water partition coefficient (Wildman–Crippen LogP) is 5.99. The zero-order valence-corrected chi connectivity index (χ0v) is 21.2. The lowest BCUT2D eigenvalue weighted by molar-refractivity contribution is 0.00578. The van der Waals surface area contributed by atoms with Gasteiger partial charge in [0.05, 0.1) is 21.9 Å². The number of aromatic nitrogens is 1. The molecule has 0 aliphatic carbocycles. The van der Waals surface area contributed by atoms with Gasteiger partial charge in [-0.3, -0.25) is 0 Å². The highest BCUT2D eigenvalue weighted by atomic mass is 35.5. The normalized spacial score (nSPS) is 22.1. The minimum absolute atomic E-state index is 0.00810. The molecule has 2 aromatic carbocycles. The van der Waals surface area contributed by atoms with E-state index in [0.717, 1.165) is 11.1 Å². The molecule has 3 heterocycles. The molecule has 1 fully saturated rings. The summed E-state index contributed by atoms with van der Waals surface area (Å²) in [6, 6.07) is 16.8. The number of pyridine rings is 1. The van der Waals surface area contributed by atoms with Gasteiger partial charge in [0.2, 0.25) is 5.88 Å². The fraction of sp³-hybridized carbons (Fsp3) is 0.370. The first-order chi connectivity index (χ1) is 16.6. The van der Waals surface area contributed by atoms with Crippen molar-refractivity contribution in [3.63, 3.8) is 0 Å². The maximum atomic E-state index is 14.9. The Morgan fingerprint density at radius 1 is 1.03 bits per heavy atom. The van der Waals surface area contributed by atoms with E-state index in [1.807, 2.05) is 83.1 Å². The Balaban J connectivity index is 1.44. The third-order valence-electron chi connectivity index (χ3n) is 7.18. The lowest BCUT2D eigenvalue weighted by atomic mass is 9.72. The quantitative estimate of drug-likeness (QED) is 0.407. The summed E-state index contributed by atoms with van der Waals surface area (Å²) in [6.45, 7) is 10.2. The lowest BCUT2D eigenvalue weighted by Gasteiger charge is -2.32. The molecule has 0 radical (unpaired) electrons. The average Bonchev–Trinajstić information content (AvgIpc) is 3.25. The van der Waals surface area contributed by atoms with E-state index in [2.05, 4.69) is 4.98 Å². The van der Waals surface area contributed by atoms with Crippen LogP contribution in [0.5, 0.6) is 11.6 Å². The first-order valence-electron chi connectivity index (χ1n) is 11.7. The van der Waals surface area contributed by atoms with Crippen molar-refractivity contribution in [3.05, 3.63) is 82.3 Å². The zero-order valence-electron chi connectivity index (χ0n) is 20.5. The van der Waals surface area contributed by atoms with Crippen LogP contribution in [-0.4, -0.2) is 23.3 Å². The maximum Gasteiger partial charge on any atom is 0.496 e. The average molecular weight is 496 g/mol. The van der Waals surface area contributed by atoms with Crippen molar-refractivity contribution in [3.8, 4) is 11.6 Å². The van der Waals surface area contributed by atoms with E-state index in [-0.39, 0.29) is 10.9 Å². The number of ether oxygens (including phenoxy) is 2. The third kappa shape index (κ3) is 4.30. The van der Waals surface area contributed by atoms with Gasteiger partial charge in [-0.25, -0.2) is 9.37 Å². The van der Waals surface area contributed by atoms with E-state index in [9.17, 15) is 4.39 Å². The Labute approximate surface area is 210 Å². The van der Waals surface area contributed by atoms with Crippen LogP contribution in [0.3, 0.4) is 0 Å². The second-order valence-corrected chi connectivity index (χ2v) is 10.5. The minimum Gasteiger partial charge on any atom is -0.483 e. The molecule has 0 unspecified atom stereocenters. The van der Waals surface area contributed by atoms with Gasteiger partial charge in [-0.1, -0.05) is 54.9 Å². The molecule has 0 amide bonds. The van der Waals surface area contributed by atoms with Crippen molar-refractivity contribution < 1.29 is 23.2 Å². The lowest BCUT2D eigenvalue weighted by Crippen LogP contribution is -2.41. The van der Waals surface area contributed by atoms with Crippen LogP contribution in [0.15, 0.2) is 54.6 Å². The van der Waals surface area contributed by atoms with Gasteiger partial charge in [-0.2, -0.15) is 0 Å². The summed E-state index contributed by atoms with van der Waals surface area (Å²) < 4.78 is 39.5. The molecule has 2 atom stereocenters. The largest absolute Gasteiger partial charge is 0.496 e. The molecule has 3 aromatic rings. The number of rotatable bonds is 5. The maximum absolute atomic E-state index is 14.9. The Morgan fingerprint density at radius 3 is 2.40 bits per heavy atom. The first-order valence-corrected chi connectivity index (χ1v) is 12.1. The molecular formula is C27H28BClFNO4. The number of halogens is 2. The van der Waals surface area contributed by atoms with E-state index in [1.54, 1.807) is 0 Å². The Bertz CT molecular complexity index is 1240. The molecule has 2 aliphatic rings. The van der Waals surface area contributed by atoms with Crippen molar-refractivity contribution in [1.29, 1.82) is 0 Å². The molecule has 0 bridgehead atoms. The van der Waals surface area contributed by atoms with Crippen molar-refractivity contribution in [2.24, 2.45) is 0 Å². The van der Waals surface area contributed by atoms with Crippen molar-refractivity contribution >= 4 is 24.2 Å². The highest BCUT2D eigenvalue weighted by Gasteiger charge is 2.54. The van der Waals surface area contributed by atoms with E-state index in [0.29, 0.717) is 29.4 Å². The molecule has 35 heavy (non-hydrogen) atoms. The second kappa shape index (κ2) is 8.80. The van der Waals surface area contributed by atoms with Crippen LogP contribution in [0, 0.1) is 5.82 Å². The molecule has 5 nitrogen and oxygen atoms in total. The van der Waals surface area contributed by atoms with Crippen LogP contribution < -0.4 is 14.9 Å². The topological polar surface area (TPSA) is 49.8 Å². The van der Waals surface area contributed by atoms with Crippen LogP contribution >= 0.6 is 11.6 Å². The van der Waals surface area contributed by atoms with Crippen LogP contribution in [0.2, 0.25) is 5.02 Å². The first kappa shape index (κ1) is 24.1. The summed E-state index contributed by atoms with van der Waals surface area (Å²) in [6.07, 6.45) is -0.440. The highest BCUT2D eigenvalue weighted by Crippen LogP contribution is 2.47. The summed E-state index contributed by atoms with van der Waals surface area (Å²) >= 11 is 6.50. The van der Waals surface area contributed by atoms with Gasteiger partial charge in [0, 0.05) is 29.1 Å². The molecule has 2 aliphatic heterocycles. The standard InChI is InChI=1S/C27H28BClFNO4/c1-16-22-20(14-18(30)24(29)23(22)28-34-26(2,3)27(4,5)35-28)33-25(16)19-12-9-13-21(31-19)32-15-17-10-7-6-8-11-17/h6-14,16,25H,15H2,1-5H3/t16-,25-/m0/s1. The number of hydrogen-bond acceptors (Lipinski definition) is 5. The molecule has 1 saturated heterocycles. The Kier molecular flexibility index (Phi) is 6.06. The summed E-state index contributed by atoms with van der Waals surface area (Å²) in [5.74, 6) is 0.171. The van der Waals surface area contributed by atoms with Gasteiger partial charge in [-0.05, 0) is 39.3 Å². The van der Waals surface area contributed by atoms with E-state index in [1.165, 1.54) is 6.07 Å². The zero-order chi connectivity index (χ0) is 25.0. The van der Waals surface area contributed by atoms with Crippen LogP contribution in [0.1, 0.15) is 63.5 Å². The predicted molar refractivity (Wildman–Crippen MR) is 134 cm³/mol.